The van der Waals surface area contributed by atoms with Crippen molar-refractivity contribution in [3.8, 4) is 11.1 Å². The van der Waals surface area contributed by atoms with Gasteiger partial charge in [-0.05, 0) is 61.4 Å². The fraction of sp³-hybridized carbons (Fsp3) is 0.250. The smallest absolute Gasteiger partial charge is 0.657 e. The molecule has 4 aromatic rings. The Labute approximate surface area is 296 Å². The molecule has 0 saturated heterocycles. The van der Waals surface area contributed by atoms with Crippen LogP contribution in [-0.4, -0.2) is 32.1 Å². The number of allylic oxidation sites excluding steroid dienone is 3. The number of hydrogen-bond donors (Lipinski definition) is 2. The van der Waals surface area contributed by atoms with E-state index < -0.39 is 11.9 Å². The second kappa shape index (κ2) is 14.2. The van der Waals surface area contributed by atoms with Crippen LogP contribution in [0.5, 0.6) is 0 Å². The number of benzene rings is 1. The van der Waals surface area contributed by atoms with E-state index in [1.807, 2.05) is 69.3 Å². The van der Waals surface area contributed by atoms with E-state index in [4.69, 9.17) is 19.9 Å². The first-order valence-corrected chi connectivity index (χ1v) is 16.1. The van der Waals surface area contributed by atoms with Gasteiger partial charge >= 0.3 is 29.0 Å². The van der Waals surface area contributed by atoms with Gasteiger partial charge in [0.25, 0.3) is 0 Å². The molecule has 2 aliphatic rings. The van der Waals surface area contributed by atoms with Gasteiger partial charge in [-0.15, -0.1) is 28.6 Å². The summed E-state index contributed by atoms with van der Waals surface area (Å²) < 4.78 is 0. The van der Waals surface area contributed by atoms with Crippen LogP contribution >= 0.6 is 0 Å². The number of fused-ring (bicyclic) bond motifs is 8. The molecular weight excluding hydrogens is 656 g/mol. The van der Waals surface area contributed by atoms with Gasteiger partial charge in [0.1, 0.15) is 0 Å². The second-order valence-electron chi connectivity index (χ2n) is 12.5. The van der Waals surface area contributed by atoms with E-state index in [1.54, 1.807) is 0 Å². The summed E-state index contributed by atoms with van der Waals surface area (Å²) in [6.07, 6.45) is 4.23. The van der Waals surface area contributed by atoms with Gasteiger partial charge in [-0.1, -0.05) is 90.9 Å². The number of rotatable bonds is 9. The average Bonchev–Trinajstić information content (AvgIpc) is 3.72. The number of aromatic nitrogens is 4. The van der Waals surface area contributed by atoms with E-state index in [-0.39, 0.29) is 54.6 Å². The predicted octanol–water partition coefficient (Wildman–Crippen LogP) is 8.38. The zero-order valence-corrected chi connectivity index (χ0v) is 29.1. The molecule has 0 spiro atoms. The summed E-state index contributed by atoms with van der Waals surface area (Å²) in [7, 11) is 0. The summed E-state index contributed by atoms with van der Waals surface area (Å²) in [6.45, 7) is 16.4. The van der Waals surface area contributed by atoms with Gasteiger partial charge in [0.2, 0.25) is 0 Å². The van der Waals surface area contributed by atoms with E-state index in [2.05, 4.69) is 32.2 Å². The Morgan fingerprint density at radius 2 is 1.51 bits per heavy atom. The van der Waals surface area contributed by atoms with E-state index in [0.29, 0.717) is 22.4 Å². The molecule has 2 N–H and O–H groups in total. The number of carboxylic acid groups (broad SMARTS) is 2. The summed E-state index contributed by atoms with van der Waals surface area (Å²) in [6, 6.07) is 15.9. The van der Waals surface area contributed by atoms with Crippen LogP contribution in [0.4, 0.5) is 0 Å². The first kappa shape index (κ1) is 35.3. The van der Waals surface area contributed by atoms with Crippen molar-refractivity contribution in [1.82, 2.24) is 19.9 Å². The molecular formula is C40H38FeN4O4. The van der Waals surface area contributed by atoms with Crippen molar-refractivity contribution in [1.29, 1.82) is 0 Å². The van der Waals surface area contributed by atoms with Crippen LogP contribution in [0.25, 0.3) is 50.4 Å². The number of hydrogen-bond acceptors (Lipinski definition) is 4. The van der Waals surface area contributed by atoms with Gasteiger partial charge in [0.15, 0.2) is 0 Å². The fourth-order valence-corrected chi connectivity index (χ4v) is 6.92. The van der Waals surface area contributed by atoms with Crippen LogP contribution in [0.1, 0.15) is 90.0 Å². The molecule has 0 amide bonds. The Morgan fingerprint density at radius 1 is 0.857 bits per heavy atom. The van der Waals surface area contributed by atoms with Crippen LogP contribution in [0.2, 0.25) is 0 Å². The summed E-state index contributed by atoms with van der Waals surface area (Å²) in [4.78, 5) is 43.9. The third kappa shape index (κ3) is 6.56. The van der Waals surface area contributed by atoms with Gasteiger partial charge < -0.3 is 20.2 Å². The Kier molecular flexibility index (Phi) is 10.3. The molecule has 0 aliphatic carbocycles. The van der Waals surface area contributed by atoms with Crippen LogP contribution in [0.15, 0.2) is 67.8 Å². The van der Waals surface area contributed by atoms with Crippen LogP contribution in [0, 0.1) is 13.8 Å². The summed E-state index contributed by atoms with van der Waals surface area (Å²) in [5.74, 6) is -1.92. The Bertz CT molecular complexity index is 2190. The number of carboxylic acids is 2. The Balaban J connectivity index is 0.00000468. The average molecular weight is 695 g/mol. The molecule has 6 rings (SSSR count). The Hall–Kier alpha value is -4.98. The number of nitrogens with zero attached hydrogens (tertiary/aromatic N) is 4. The first-order chi connectivity index (χ1) is 23.0. The van der Waals surface area contributed by atoms with Crippen LogP contribution in [-0.2, 0) is 33.1 Å². The molecule has 8 bridgehead atoms. The molecule has 0 saturated carbocycles. The van der Waals surface area contributed by atoms with Gasteiger partial charge in [-0.2, -0.15) is 0 Å². The minimum absolute atomic E-state index is 0. The summed E-state index contributed by atoms with van der Waals surface area (Å²) >= 11 is 0. The summed E-state index contributed by atoms with van der Waals surface area (Å²) in [5.41, 5.74) is 13.0. The van der Waals surface area contributed by atoms with Gasteiger partial charge in [-0.3, -0.25) is 14.6 Å². The first-order valence-electron chi connectivity index (χ1n) is 16.1. The van der Waals surface area contributed by atoms with Gasteiger partial charge in [0, 0.05) is 30.4 Å². The van der Waals surface area contributed by atoms with Crippen molar-refractivity contribution < 1.29 is 36.9 Å². The molecule has 0 fully saturated rings. The molecule has 250 valence electrons. The van der Waals surface area contributed by atoms with Crippen molar-refractivity contribution in [3.63, 3.8) is 0 Å². The maximum Gasteiger partial charge on any atom is 2.00 e. The third-order valence-corrected chi connectivity index (χ3v) is 9.63. The monoisotopic (exact) mass is 694 g/mol. The van der Waals surface area contributed by atoms with E-state index >= 15 is 0 Å². The topological polar surface area (TPSA) is 129 Å². The quantitative estimate of drug-likeness (QED) is 0.132. The standard InChI is InChI=1S/C40H40N4O4.Fe/c1-7-26-24(6)39-38(25-12-10-9-11-13-25)40-27(8-2)21(3)32(43-40)18-30-22(4)28(14-16-36(45)46)34(41-30)20-35-29(15-17-37(47)48)23(5)31(42-35)19-33(26)44-39;/h7-13,18-20,24,26H,1-2,14-17H2,3-6H3,(H4,41,42,43,44,45,46,47,48);/q;+2/p-2/t24-,26-;/m0./s1. The molecule has 49 heavy (non-hydrogen) atoms. The van der Waals surface area contributed by atoms with Crippen molar-refractivity contribution in [2.45, 2.75) is 65.2 Å². The second-order valence-corrected chi connectivity index (χ2v) is 12.5. The summed E-state index contributed by atoms with van der Waals surface area (Å²) in [5, 5.41) is 19.1. The number of aliphatic carboxylic acids is 2. The molecule has 0 radical (unpaired) electrons. The van der Waals surface area contributed by atoms with E-state index in [1.165, 1.54) is 0 Å². The molecule has 5 heterocycles. The van der Waals surface area contributed by atoms with E-state index in [9.17, 15) is 19.8 Å². The van der Waals surface area contributed by atoms with Gasteiger partial charge in [0.05, 0.1) is 17.1 Å². The Morgan fingerprint density at radius 3 is 2.16 bits per heavy atom. The van der Waals surface area contributed by atoms with Crippen LogP contribution < -0.4 is 9.97 Å². The normalized spacial score (nSPS) is 15.5. The van der Waals surface area contributed by atoms with Crippen molar-refractivity contribution in [2.75, 3.05) is 0 Å². The largest absolute Gasteiger partial charge is 2.00 e. The predicted molar refractivity (Wildman–Crippen MR) is 191 cm³/mol. The number of aryl methyl sites for hydroxylation is 3. The maximum absolute atomic E-state index is 11.7. The molecule has 1 aromatic carbocycles. The van der Waals surface area contributed by atoms with Crippen molar-refractivity contribution >= 4 is 51.2 Å². The van der Waals surface area contributed by atoms with Crippen molar-refractivity contribution in [3.05, 3.63) is 113 Å². The molecule has 0 unspecified atom stereocenters. The molecule has 8 nitrogen and oxygen atoms in total. The van der Waals surface area contributed by atoms with Gasteiger partial charge in [-0.25, -0.2) is 4.98 Å². The molecule has 9 heteroatoms. The van der Waals surface area contributed by atoms with Crippen LogP contribution in [0.3, 0.4) is 0 Å². The third-order valence-electron chi connectivity index (χ3n) is 9.63. The minimum atomic E-state index is -0.899. The van der Waals surface area contributed by atoms with E-state index in [0.717, 1.165) is 66.9 Å². The maximum atomic E-state index is 11.7. The molecule has 2 aliphatic heterocycles. The number of carbonyl (C=O) groups is 2. The van der Waals surface area contributed by atoms with Crippen molar-refractivity contribution in [2.24, 2.45) is 0 Å². The fourth-order valence-electron chi connectivity index (χ4n) is 6.92. The molecule has 3 aromatic heterocycles. The zero-order valence-electron chi connectivity index (χ0n) is 28.0. The SMILES string of the molecule is C=Cc1c(C)c2cc3nc(cc4[n-]c(cc5nc(c(-c6ccccc6)c1[n-]2)[C@@H](C)[C@@H]5C=C)c(C)c4CCC(=O)O)C(CCC(=O)O)=C3C.[Fe+2]. The zero-order chi connectivity index (χ0) is 34.3. The molecule has 2 atom stereocenters. The minimum Gasteiger partial charge on any atom is -0.657 e.